The van der Waals surface area contributed by atoms with Crippen molar-refractivity contribution in [2.45, 2.75) is 31.6 Å². The molecule has 1 aromatic carbocycles. The summed E-state index contributed by atoms with van der Waals surface area (Å²) in [5.74, 6) is 1.63. The second-order valence-electron chi connectivity index (χ2n) is 9.17. The molecule has 1 saturated carbocycles. The van der Waals surface area contributed by atoms with Crippen molar-refractivity contribution < 1.29 is 19.1 Å². The minimum Gasteiger partial charge on any atom is -0.497 e. The minimum absolute atomic E-state index is 0.0949. The Morgan fingerprint density at radius 2 is 1.61 bits per heavy atom. The highest BCUT2D eigenvalue weighted by atomic mass is 16.5. The van der Waals surface area contributed by atoms with Gasteiger partial charge < -0.3 is 24.2 Å². The van der Waals surface area contributed by atoms with Gasteiger partial charge in [-0.2, -0.15) is 0 Å². The summed E-state index contributed by atoms with van der Waals surface area (Å²) in [5, 5.41) is 0. The Morgan fingerprint density at radius 3 is 2.26 bits per heavy atom. The van der Waals surface area contributed by atoms with Crippen LogP contribution >= 0.6 is 0 Å². The zero-order chi connectivity index (χ0) is 22.0. The summed E-state index contributed by atoms with van der Waals surface area (Å²) in [7, 11) is 5.38. The summed E-state index contributed by atoms with van der Waals surface area (Å²) in [6.45, 7) is 4.30. The largest absolute Gasteiger partial charge is 0.497 e. The summed E-state index contributed by atoms with van der Waals surface area (Å²) in [4.78, 5) is 33.0. The van der Waals surface area contributed by atoms with Crippen LogP contribution in [-0.2, 0) is 9.59 Å². The van der Waals surface area contributed by atoms with Crippen LogP contribution in [0, 0.1) is 11.8 Å². The number of amides is 2. The van der Waals surface area contributed by atoms with Crippen LogP contribution in [0.1, 0.15) is 37.2 Å². The molecule has 1 aromatic rings. The molecule has 0 bridgehead atoms. The monoisotopic (exact) mass is 429 g/mol. The second-order valence-corrected chi connectivity index (χ2v) is 9.17. The number of carbonyl (C=O) groups excluding carboxylic acids is 2. The van der Waals surface area contributed by atoms with Crippen LogP contribution in [0.15, 0.2) is 18.2 Å². The van der Waals surface area contributed by atoms with Crippen molar-refractivity contribution in [3.63, 3.8) is 0 Å². The molecule has 2 saturated heterocycles. The zero-order valence-corrected chi connectivity index (χ0v) is 19.0. The Balaban J connectivity index is 1.62. The molecule has 2 aliphatic heterocycles. The van der Waals surface area contributed by atoms with Crippen LogP contribution < -0.4 is 9.47 Å². The molecule has 7 nitrogen and oxygen atoms in total. The third-order valence-electron chi connectivity index (χ3n) is 7.30. The lowest BCUT2D eigenvalue weighted by Gasteiger charge is -2.35. The summed E-state index contributed by atoms with van der Waals surface area (Å²) < 4.78 is 11.1. The lowest BCUT2D eigenvalue weighted by atomic mass is 9.87. The van der Waals surface area contributed by atoms with Crippen LogP contribution in [0.4, 0.5) is 0 Å². The lowest BCUT2D eigenvalue weighted by molar-refractivity contribution is -0.138. The van der Waals surface area contributed by atoms with Crippen LogP contribution in [0.25, 0.3) is 0 Å². The van der Waals surface area contributed by atoms with E-state index in [1.54, 1.807) is 14.2 Å². The molecule has 0 spiro atoms. The number of methoxy groups -OCH3 is 2. The molecule has 0 aromatic heterocycles. The summed E-state index contributed by atoms with van der Waals surface area (Å²) in [6, 6.07) is 5.74. The van der Waals surface area contributed by atoms with Gasteiger partial charge >= 0.3 is 0 Å². The predicted octanol–water partition coefficient (Wildman–Crippen LogP) is 2.21. The maximum Gasteiger partial charge on any atom is 0.228 e. The number of hydrogen-bond donors (Lipinski definition) is 0. The van der Waals surface area contributed by atoms with Crippen molar-refractivity contribution in [1.29, 1.82) is 0 Å². The van der Waals surface area contributed by atoms with Crippen molar-refractivity contribution in [1.82, 2.24) is 14.7 Å². The number of likely N-dealkylation sites (N-methyl/N-ethyl adjacent to an activating group) is 1. The van der Waals surface area contributed by atoms with Crippen LogP contribution in [0.2, 0.25) is 0 Å². The Morgan fingerprint density at radius 1 is 0.903 bits per heavy atom. The highest BCUT2D eigenvalue weighted by Crippen LogP contribution is 2.41. The number of nitrogens with zero attached hydrogens (tertiary/aromatic N) is 3. The van der Waals surface area contributed by atoms with Crippen molar-refractivity contribution in [2.24, 2.45) is 11.8 Å². The molecule has 0 unspecified atom stereocenters. The number of piperazine rings is 1. The van der Waals surface area contributed by atoms with E-state index in [1.807, 2.05) is 28.0 Å². The smallest absolute Gasteiger partial charge is 0.228 e. The molecule has 2 atom stereocenters. The lowest BCUT2D eigenvalue weighted by Crippen LogP contribution is -2.50. The standard InChI is InChI=1S/C24H35N3O4/c1-25-10-12-26(13-11-25)24(29)21-16-27(23(28)17-6-4-5-7-17)15-20(21)19-14-18(30-2)8-9-22(19)31-3/h8-9,14,17,20-21H,4-7,10-13,15-16H2,1-3H3/t20-,21+/m1/s1. The first-order valence-corrected chi connectivity index (χ1v) is 11.5. The van der Waals surface area contributed by atoms with E-state index < -0.39 is 0 Å². The van der Waals surface area contributed by atoms with E-state index in [9.17, 15) is 9.59 Å². The molecule has 3 aliphatic rings. The van der Waals surface area contributed by atoms with Gasteiger partial charge in [0.15, 0.2) is 0 Å². The average molecular weight is 430 g/mol. The molecular weight excluding hydrogens is 394 g/mol. The molecular formula is C24H35N3O4. The molecule has 1 aliphatic carbocycles. The maximum absolute atomic E-state index is 13.6. The fourth-order valence-electron chi connectivity index (χ4n) is 5.37. The van der Waals surface area contributed by atoms with Gasteiger partial charge in [0.05, 0.1) is 20.1 Å². The molecule has 0 N–H and O–H groups in total. The van der Waals surface area contributed by atoms with E-state index in [-0.39, 0.29) is 29.6 Å². The molecule has 4 rings (SSSR count). The minimum atomic E-state index is -0.255. The van der Waals surface area contributed by atoms with Gasteiger partial charge in [0.25, 0.3) is 0 Å². The third kappa shape index (κ3) is 4.52. The number of carbonyl (C=O) groups is 2. The SMILES string of the molecule is COc1ccc(OC)c([C@H]2CN(C(=O)C3CCCC3)C[C@@H]2C(=O)N2CCN(C)CC2)c1. The fraction of sp³-hybridized carbons (Fsp3) is 0.667. The van der Waals surface area contributed by atoms with Gasteiger partial charge in [-0.3, -0.25) is 9.59 Å². The number of hydrogen-bond acceptors (Lipinski definition) is 5. The topological polar surface area (TPSA) is 62.3 Å². The molecule has 2 amide bonds. The molecule has 31 heavy (non-hydrogen) atoms. The van der Waals surface area contributed by atoms with Gasteiger partial charge in [-0.15, -0.1) is 0 Å². The first-order chi connectivity index (χ1) is 15.0. The van der Waals surface area contributed by atoms with Gasteiger partial charge in [-0.25, -0.2) is 0 Å². The van der Waals surface area contributed by atoms with E-state index >= 15 is 0 Å². The van der Waals surface area contributed by atoms with E-state index in [0.29, 0.717) is 13.1 Å². The third-order valence-corrected chi connectivity index (χ3v) is 7.30. The number of likely N-dealkylation sites (tertiary alicyclic amines) is 1. The highest BCUT2D eigenvalue weighted by Gasteiger charge is 2.44. The zero-order valence-electron chi connectivity index (χ0n) is 19.0. The van der Waals surface area contributed by atoms with Gasteiger partial charge in [0, 0.05) is 56.7 Å². The second kappa shape index (κ2) is 9.47. The maximum atomic E-state index is 13.6. The van der Waals surface area contributed by atoms with Crippen LogP contribution in [-0.4, -0.2) is 87.0 Å². The van der Waals surface area contributed by atoms with Crippen molar-refractivity contribution in [3.8, 4) is 11.5 Å². The van der Waals surface area contributed by atoms with Gasteiger partial charge in [0.2, 0.25) is 11.8 Å². The Bertz CT molecular complexity index is 800. The fourth-order valence-corrected chi connectivity index (χ4v) is 5.37. The predicted molar refractivity (Wildman–Crippen MR) is 118 cm³/mol. The first-order valence-electron chi connectivity index (χ1n) is 11.5. The summed E-state index contributed by atoms with van der Waals surface area (Å²) in [6.07, 6.45) is 4.20. The number of benzene rings is 1. The Kier molecular flexibility index (Phi) is 6.70. The number of ether oxygens (including phenoxy) is 2. The average Bonchev–Trinajstić information content (AvgIpc) is 3.49. The van der Waals surface area contributed by atoms with Crippen LogP contribution in [0.3, 0.4) is 0 Å². The molecule has 170 valence electrons. The summed E-state index contributed by atoms with van der Waals surface area (Å²) in [5.41, 5.74) is 0.955. The van der Waals surface area contributed by atoms with Crippen molar-refractivity contribution in [3.05, 3.63) is 23.8 Å². The quantitative estimate of drug-likeness (QED) is 0.718. The van der Waals surface area contributed by atoms with Gasteiger partial charge in [0.1, 0.15) is 11.5 Å². The van der Waals surface area contributed by atoms with E-state index in [1.165, 1.54) is 0 Å². The van der Waals surface area contributed by atoms with Gasteiger partial charge in [-0.05, 0) is 38.1 Å². The van der Waals surface area contributed by atoms with Crippen molar-refractivity contribution >= 4 is 11.8 Å². The van der Waals surface area contributed by atoms with Crippen molar-refractivity contribution in [2.75, 3.05) is 60.5 Å². The first kappa shape index (κ1) is 21.9. The molecule has 2 heterocycles. The molecule has 3 fully saturated rings. The van der Waals surface area contributed by atoms with Gasteiger partial charge in [-0.1, -0.05) is 12.8 Å². The highest BCUT2D eigenvalue weighted by molar-refractivity contribution is 5.84. The Labute approximate surface area is 185 Å². The normalized spacial score (nSPS) is 25.1. The molecule has 0 radical (unpaired) electrons. The van der Waals surface area contributed by atoms with E-state index in [4.69, 9.17) is 9.47 Å². The van der Waals surface area contributed by atoms with Crippen LogP contribution in [0.5, 0.6) is 11.5 Å². The number of rotatable bonds is 5. The summed E-state index contributed by atoms with van der Waals surface area (Å²) >= 11 is 0. The molecule has 7 heteroatoms. The van der Waals surface area contributed by atoms with E-state index in [0.717, 1.165) is 68.9 Å². The van der Waals surface area contributed by atoms with E-state index in [2.05, 4.69) is 11.9 Å². The Hall–Kier alpha value is -2.28.